The zero-order valence-corrected chi connectivity index (χ0v) is 21.5. The fraction of sp³-hybridized carbons (Fsp3) is 0.261. The SMILES string of the molecule is CCO/N=C(\C(=O)N[C@@H]1C(=O)N2C(C(=O)[O-])=C(C[n+]3cc(C#N)n4ccccc43)CS[C@@H]12)c1csc(N)n1. The standard InChI is InChI=1S/C23H20N8O5S2/c1-2-36-28-16(14-11-38-23(25)26-14)19(32)27-17-20(33)31-18(22(34)35)12(10-37-21(17)31)8-29-9-13(7-24)30-6-4-3-5-15(29)30/h3-6,9,11,17,21H,2,8,10H2,1H3,(H3-,25,26,27,32,34,35)/b28-16-/t17-,21+/m1/s1. The summed E-state index contributed by atoms with van der Waals surface area (Å²) in [5, 5.41) is 29.2. The summed E-state index contributed by atoms with van der Waals surface area (Å²) < 4.78 is 3.44. The van der Waals surface area contributed by atoms with Crippen LogP contribution in [-0.4, -0.2) is 61.6 Å². The summed E-state index contributed by atoms with van der Waals surface area (Å²) >= 11 is 2.43. The number of hydrogen-bond acceptors (Lipinski definition) is 11. The normalized spacial score (nSPS) is 19.1. The number of oxime groups is 1. The lowest BCUT2D eigenvalue weighted by molar-refractivity contribution is -0.662. The number of nitrogens with one attached hydrogen (secondary N) is 1. The molecule has 3 aromatic rings. The minimum Gasteiger partial charge on any atom is -0.543 e. The third-order valence-corrected chi connectivity index (χ3v) is 7.95. The number of nitrogen functional groups attached to an aromatic ring is 1. The molecule has 0 unspecified atom stereocenters. The van der Waals surface area contributed by atoms with E-state index in [1.54, 1.807) is 45.8 Å². The number of pyridine rings is 1. The van der Waals surface area contributed by atoms with Crippen molar-refractivity contribution in [1.82, 2.24) is 19.6 Å². The first-order valence-corrected chi connectivity index (χ1v) is 13.3. The minimum atomic E-state index is -1.50. The Morgan fingerprint density at radius 3 is 2.95 bits per heavy atom. The number of anilines is 1. The summed E-state index contributed by atoms with van der Waals surface area (Å²) in [6, 6.07) is 6.52. The lowest BCUT2D eigenvalue weighted by atomic mass is 10.0. The third-order valence-electron chi connectivity index (χ3n) is 5.94. The number of hydrogen-bond donors (Lipinski definition) is 2. The van der Waals surface area contributed by atoms with E-state index in [0.717, 1.165) is 16.2 Å². The highest BCUT2D eigenvalue weighted by Gasteiger charge is 2.53. The molecule has 38 heavy (non-hydrogen) atoms. The Bertz CT molecular complexity index is 1570. The van der Waals surface area contributed by atoms with Gasteiger partial charge in [-0.1, -0.05) is 11.2 Å². The van der Waals surface area contributed by atoms with Gasteiger partial charge in [0.05, 0.1) is 17.9 Å². The average molecular weight is 553 g/mol. The van der Waals surface area contributed by atoms with Crippen LogP contribution in [0.25, 0.3) is 5.65 Å². The van der Waals surface area contributed by atoms with Gasteiger partial charge in [-0.15, -0.1) is 23.1 Å². The Kier molecular flexibility index (Phi) is 6.74. The number of amides is 2. The van der Waals surface area contributed by atoms with Gasteiger partial charge in [0.25, 0.3) is 17.5 Å². The van der Waals surface area contributed by atoms with E-state index in [2.05, 4.69) is 21.5 Å². The summed E-state index contributed by atoms with van der Waals surface area (Å²) in [4.78, 5) is 48.5. The molecule has 0 saturated carbocycles. The van der Waals surface area contributed by atoms with E-state index in [1.165, 1.54) is 11.8 Å². The van der Waals surface area contributed by atoms with Crippen LogP contribution in [0.4, 0.5) is 5.13 Å². The second-order valence-corrected chi connectivity index (χ2v) is 10.2. The Morgan fingerprint density at radius 1 is 1.45 bits per heavy atom. The predicted molar refractivity (Wildman–Crippen MR) is 134 cm³/mol. The van der Waals surface area contributed by atoms with E-state index in [-0.39, 0.29) is 41.1 Å². The first-order chi connectivity index (χ1) is 18.3. The summed E-state index contributed by atoms with van der Waals surface area (Å²) in [6.07, 6.45) is 3.36. The highest BCUT2D eigenvalue weighted by atomic mass is 32.2. The molecular weight excluding hydrogens is 532 g/mol. The Balaban J connectivity index is 1.39. The number of aromatic nitrogens is 3. The molecule has 0 radical (unpaired) electrons. The number of carboxylic acids is 1. The van der Waals surface area contributed by atoms with Crippen LogP contribution in [0.2, 0.25) is 0 Å². The lowest BCUT2D eigenvalue weighted by Crippen LogP contribution is -2.71. The van der Waals surface area contributed by atoms with Crippen LogP contribution in [0, 0.1) is 11.3 Å². The maximum absolute atomic E-state index is 13.1. The number of β-lactam (4-membered cyclic amide) rings is 1. The van der Waals surface area contributed by atoms with Gasteiger partial charge in [0.1, 0.15) is 42.5 Å². The molecule has 15 heteroatoms. The molecular formula is C23H20N8O5S2. The van der Waals surface area contributed by atoms with Crippen molar-refractivity contribution in [3.05, 3.63) is 58.6 Å². The smallest absolute Gasteiger partial charge is 0.287 e. The maximum Gasteiger partial charge on any atom is 0.287 e. The van der Waals surface area contributed by atoms with Crippen LogP contribution in [0.3, 0.4) is 0 Å². The number of carbonyl (C=O) groups excluding carboxylic acids is 3. The molecule has 0 bridgehead atoms. The van der Waals surface area contributed by atoms with Crippen LogP contribution in [0.5, 0.6) is 0 Å². The number of aliphatic carboxylic acids is 1. The van der Waals surface area contributed by atoms with Crippen molar-refractivity contribution in [3.63, 3.8) is 0 Å². The number of rotatable bonds is 8. The topological polar surface area (TPSA) is 182 Å². The highest BCUT2D eigenvalue weighted by Crippen LogP contribution is 2.40. The van der Waals surface area contributed by atoms with E-state index in [0.29, 0.717) is 16.9 Å². The number of nitrogens with two attached hydrogens (primary N) is 1. The van der Waals surface area contributed by atoms with Crippen molar-refractivity contribution in [2.24, 2.45) is 5.16 Å². The van der Waals surface area contributed by atoms with Crippen molar-refractivity contribution in [1.29, 1.82) is 5.26 Å². The molecule has 2 atom stereocenters. The molecule has 194 valence electrons. The fourth-order valence-electron chi connectivity index (χ4n) is 4.30. The number of nitriles is 1. The molecule has 3 N–H and O–H groups in total. The predicted octanol–water partition coefficient (Wildman–Crippen LogP) is -1.02. The van der Waals surface area contributed by atoms with Gasteiger partial charge in [-0.2, -0.15) is 9.66 Å². The summed E-state index contributed by atoms with van der Waals surface area (Å²) in [7, 11) is 0. The number of thioether (sulfide) groups is 1. The van der Waals surface area contributed by atoms with Crippen molar-refractivity contribution in [2.45, 2.75) is 24.9 Å². The third kappa shape index (κ3) is 4.33. The second-order valence-electron chi connectivity index (χ2n) is 8.21. The first kappa shape index (κ1) is 25.2. The monoisotopic (exact) mass is 552 g/mol. The van der Waals surface area contributed by atoms with E-state index in [1.807, 2.05) is 6.07 Å². The average Bonchev–Trinajstić information content (AvgIpc) is 3.50. The second kappa shape index (κ2) is 10.1. The van der Waals surface area contributed by atoms with Gasteiger partial charge in [0, 0.05) is 22.8 Å². The van der Waals surface area contributed by atoms with Gasteiger partial charge in [-0.3, -0.25) is 14.5 Å². The van der Waals surface area contributed by atoms with Crippen LogP contribution in [0.15, 0.2) is 52.4 Å². The van der Waals surface area contributed by atoms with Gasteiger partial charge in [0.2, 0.25) is 5.69 Å². The van der Waals surface area contributed by atoms with Gasteiger partial charge in [-0.25, -0.2) is 9.55 Å². The van der Waals surface area contributed by atoms with Crippen LogP contribution >= 0.6 is 23.1 Å². The molecule has 1 saturated heterocycles. The molecule has 13 nitrogen and oxygen atoms in total. The van der Waals surface area contributed by atoms with Gasteiger partial charge < -0.3 is 25.8 Å². The summed E-state index contributed by atoms with van der Waals surface area (Å²) in [6.45, 7) is 2.04. The van der Waals surface area contributed by atoms with E-state index >= 15 is 0 Å². The molecule has 0 spiro atoms. The van der Waals surface area contributed by atoms with Crippen molar-refractivity contribution in [3.8, 4) is 6.07 Å². The first-order valence-electron chi connectivity index (χ1n) is 11.3. The zero-order valence-electron chi connectivity index (χ0n) is 19.9. The van der Waals surface area contributed by atoms with Gasteiger partial charge >= 0.3 is 0 Å². The molecule has 2 aliphatic heterocycles. The largest absolute Gasteiger partial charge is 0.543 e. The Labute approximate surface area is 223 Å². The maximum atomic E-state index is 13.1. The number of thiazole rings is 1. The molecule has 5 heterocycles. The molecule has 1 fully saturated rings. The Morgan fingerprint density at radius 2 is 2.26 bits per heavy atom. The van der Waals surface area contributed by atoms with E-state index < -0.39 is 29.2 Å². The minimum absolute atomic E-state index is 0.134. The van der Waals surface area contributed by atoms with E-state index in [4.69, 9.17) is 10.6 Å². The zero-order chi connectivity index (χ0) is 27.0. The summed E-state index contributed by atoms with van der Waals surface area (Å²) in [5.41, 5.74) is 7.01. The number of nitrogens with zero attached hydrogens (tertiary/aromatic N) is 6. The molecule has 2 amide bonds. The Hall–Kier alpha value is -4.42. The fourth-order valence-corrected chi connectivity index (χ4v) is 6.18. The number of fused-ring (bicyclic) bond motifs is 2. The molecule has 0 aromatic carbocycles. The van der Waals surface area contributed by atoms with Gasteiger partial charge in [-0.05, 0) is 13.0 Å². The number of carboxylic acid groups (broad SMARTS) is 1. The van der Waals surface area contributed by atoms with Crippen molar-refractivity contribution in [2.75, 3.05) is 18.1 Å². The van der Waals surface area contributed by atoms with Crippen molar-refractivity contribution < 1.29 is 28.9 Å². The van der Waals surface area contributed by atoms with Crippen molar-refractivity contribution >= 4 is 57.4 Å². The summed E-state index contributed by atoms with van der Waals surface area (Å²) in [5.74, 6) is -2.52. The highest BCUT2D eigenvalue weighted by molar-refractivity contribution is 8.00. The van der Waals surface area contributed by atoms with Crippen LogP contribution in [0.1, 0.15) is 18.3 Å². The molecule has 3 aromatic heterocycles. The number of carbonyl (C=O) groups is 3. The van der Waals surface area contributed by atoms with Crippen LogP contribution in [-0.2, 0) is 25.8 Å². The number of imidazole rings is 1. The molecule has 0 aliphatic carbocycles. The molecule has 5 rings (SSSR count). The molecule has 2 aliphatic rings. The van der Waals surface area contributed by atoms with Gasteiger partial charge in [0.15, 0.2) is 10.8 Å². The quantitative estimate of drug-likeness (QED) is 0.153. The van der Waals surface area contributed by atoms with Crippen LogP contribution < -0.4 is 20.7 Å². The lowest BCUT2D eigenvalue weighted by Gasteiger charge is -2.50. The van der Waals surface area contributed by atoms with E-state index in [9.17, 15) is 24.8 Å².